The van der Waals surface area contributed by atoms with Crippen LogP contribution in [0, 0.1) is 0 Å². The fraction of sp³-hybridized carbons (Fsp3) is 0.923. The van der Waals surface area contributed by atoms with Gasteiger partial charge in [0.05, 0.1) is 0 Å². The van der Waals surface area contributed by atoms with Gasteiger partial charge in [0.15, 0.2) is 0 Å². The molecule has 1 saturated heterocycles. The molecule has 2 rings (SSSR count). The van der Waals surface area contributed by atoms with E-state index in [0.717, 1.165) is 32.1 Å². The van der Waals surface area contributed by atoms with Gasteiger partial charge in [-0.1, -0.05) is 25.7 Å². The maximum absolute atomic E-state index is 11.2. The summed E-state index contributed by atoms with van der Waals surface area (Å²) in [6, 6.07) is 0.789. The number of amides is 1. The van der Waals surface area contributed by atoms with Crippen molar-refractivity contribution in [2.45, 2.75) is 57.4 Å². The number of carbonyl (C=O) groups excluding carboxylic acids is 1. The van der Waals surface area contributed by atoms with Crippen LogP contribution in [-0.2, 0) is 4.79 Å². The van der Waals surface area contributed by atoms with Crippen LogP contribution in [0.25, 0.3) is 0 Å². The van der Waals surface area contributed by atoms with Gasteiger partial charge in [-0.2, -0.15) is 0 Å². The zero-order chi connectivity index (χ0) is 11.2. The Morgan fingerprint density at radius 2 is 1.75 bits per heavy atom. The molecule has 0 aromatic carbocycles. The Morgan fingerprint density at radius 1 is 1.00 bits per heavy atom. The largest absolute Gasteiger partial charge is 0.355 e. The van der Waals surface area contributed by atoms with Gasteiger partial charge in [-0.25, -0.2) is 0 Å². The van der Waals surface area contributed by atoms with E-state index in [-0.39, 0.29) is 5.91 Å². The Bertz CT molecular complexity index is 210. The van der Waals surface area contributed by atoms with Crippen LogP contribution in [0.4, 0.5) is 0 Å². The second kappa shape index (κ2) is 6.24. The topological polar surface area (TPSA) is 32.3 Å². The van der Waals surface area contributed by atoms with Crippen LogP contribution in [0.15, 0.2) is 0 Å². The number of hydrogen-bond donors (Lipinski definition) is 1. The molecule has 2 fully saturated rings. The molecule has 2 aliphatic rings. The lowest BCUT2D eigenvalue weighted by Gasteiger charge is -2.32. The van der Waals surface area contributed by atoms with Crippen LogP contribution in [0.3, 0.4) is 0 Å². The summed E-state index contributed by atoms with van der Waals surface area (Å²) in [7, 11) is 0. The SMILES string of the molecule is O=C1CCCN(C2CCCCCC2)CCN1. The lowest BCUT2D eigenvalue weighted by molar-refractivity contribution is -0.121. The summed E-state index contributed by atoms with van der Waals surface area (Å²) >= 11 is 0. The number of carbonyl (C=O) groups is 1. The van der Waals surface area contributed by atoms with E-state index in [9.17, 15) is 4.79 Å². The van der Waals surface area contributed by atoms with Crippen molar-refractivity contribution in [3.05, 3.63) is 0 Å². The first kappa shape index (κ1) is 11.9. The van der Waals surface area contributed by atoms with Gasteiger partial charge in [-0.05, 0) is 25.8 Å². The minimum atomic E-state index is 0.237. The normalized spacial score (nSPS) is 26.6. The monoisotopic (exact) mass is 224 g/mol. The number of nitrogens with zero attached hydrogens (tertiary/aromatic N) is 1. The van der Waals surface area contributed by atoms with Gasteiger partial charge in [0.1, 0.15) is 0 Å². The first-order valence-corrected chi connectivity index (χ1v) is 6.87. The highest BCUT2D eigenvalue weighted by molar-refractivity contribution is 5.75. The Kier molecular flexibility index (Phi) is 4.64. The first-order chi connectivity index (χ1) is 7.86. The molecule has 0 unspecified atom stereocenters. The second-order valence-electron chi connectivity index (χ2n) is 5.13. The van der Waals surface area contributed by atoms with Gasteiger partial charge in [0.25, 0.3) is 0 Å². The molecule has 1 aliphatic heterocycles. The molecule has 0 aromatic heterocycles. The van der Waals surface area contributed by atoms with Crippen LogP contribution >= 0.6 is 0 Å². The molecular formula is C13H24N2O. The number of nitrogens with one attached hydrogen (secondary N) is 1. The van der Waals surface area contributed by atoms with E-state index in [4.69, 9.17) is 0 Å². The highest BCUT2D eigenvalue weighted by Crippen LogP contribution is 2.22. The van der Waals surface area contributed by atoms with Crippen molar-refractivity contribution in [3.8, 4) is 0 Å². The van der Waals surface area contributed by atoms with Crippen molar-refractivity contribution in [1.82, 2.24) is 10.2 Å². The molecule has 3 nitrogen and oxygen atoms in total. The van der Waals surface area contributed by atoms with Gasteiger partial charge >= 0.3 is 0 Å². The van der Waals surface area contributed by atoms with E-state index < -0.39 is 0 Å². The third-order valence-electron chi connectivity index (χ3n) is 3.91. The Hall–Kier alpha value is -0.570. The highest BCUT2D eigenvalue weighted by atomic mass is 16.1. The molecule has 0 aromatic rings. The fourth-order valence-corrected chi connectivity index (χ4v) is 2.97. The van der Waals surface area contributed by atoms with E-state index in [1.54, 1.807) is 0 Å². The standard InChI is InChI=1S/C13H24N2O/c16-13-8-5-10-15(11-9-14-13)12-6-3-1-2-4-7-12/h12H,1-11H2,(H,14,16). The quantitative estimate of drug-likeness (QED) is 0.690. The molecule has 1 heterocycles. The van der Waals surface area contributed by atoms with Gasteiger partial charge in [-0.3, -0.25) is 9.69 Å². The van der Waals surface area contributed by atoms with Crippen LogP contribution < -0.4 is 5.32 Å². The van der Waals surface area contributed by atoms with E-state index in [1.165, 1.54) is 38.5 Å². The molecule has 3 heteroatoms. The Labute approximate surface area is 98.6 Å². The van der Waals surface area contributed by atoms with Crippen molar-refractivity contribution >= 4 is 5.91 Å². The second-order valence-corrected chi connectivity index (χ2v) is 5.13. The van der Waals surface area contributed by atoms with Crippen molar-refractivity contribution in [2.75, 3.05) is 19.6 Å². The van der Waals surface area contributed by atoms with Crippen LogP contribution in [0.2, 0.25) is 0 Å². The van der Waals surface area contributed by atoms with Crippen molar-refractivity contribution in [2.24, 2.45) is 0 Å². The minimum absolute atomic E-state index is 0.237. The average molecular weight is 224 g/mol. The van der Waals surface area contributed by atoms with Crippen LogP contribution in [0.5, 0.6) is 0 Å². The van der Waals surface area contributed by atoms with Gasteiger partial charge in [-0.15, -0.1) is 0 Å². The maximum atomic E-state index is 11.2. The summed E-state index contributed by atoms with van der Waals surface area (Å²) < 4.78 is 0. The zero-order valence-corrected chi connectivity index (χ0v) is 10.2. The van der Waals surface area contributed by atoms with Crippen molar-refractivity contribution in [3.63, 3.8) is 0 Å². The molecule has 1 aliphatic carbocycles. The summed E-state index contributed by atoms with van der Waals surface area (Å²) in [5.41, 5.74) is 0. The summed E-state index contributed by atoms with van der Waals surface area (Å²) in [5, 5.41) is 2.99. The molecule has 0 atom stereocenters. The molecule has 1 amide bonds. The maximum Gasteiger partial charge on any atom is 0.220 e. The van der Waals surface area contributed by atoms with E-state index >= 15 is 0 Å². The minimum Gasteiger partial charge on any atom is -0.355 e. The van der Waals surface area contributed by atoms with E-state index in [0.29, 0.717) is 6.42 Å². The lowest BCUT2D eigenvalue weighted by atomic mass is 10.1. The zero-order valence-electron chi connectivity index (χ0n) is 10.2. The van der Waals surface area contributed by atoms with Gasteiger partial charge in [0.2, 0.25) is 5.91 Å². The summed E-state index contributed by atoms with van der Waals surface area (Å²) in [5.74, 6) is 0.237. The van der Waals surface area contributed by atoms with Crippen molar-refractivity contribution in [1.29, 1.82) is 0 Å². The molecule has 1 N–H and O–H groups in total. The first-order valence-electron chi connectivity index (χ1n) is 6.87. The molecule has 16 heavy (non-hydrogen) atoms. The smallest absolute Gasteiger partial charge is 0.220 e. The number of rotatable bonds is 1. The van der Waals surface area contributed by atoms with E-state index in [1.807, 2.05) is 0 Å². The molecule has 1 saturated carbocycles. The van der Waals surface area contributed by atoms with Crippen LogP contribution in [-0.4, -0.2) is 36.5 Å². The molecule has 0 radical (unpaired) electrons. The molecule has 0 spiro atoms. The van der Waals surface area contributed by atoms with Crippen molar-refractivity contribution < 1.29 is 4.79 Å². The predicted octanol–water partition coefficient (Wildman–Crippen LogP) is 1.92. The Balaban J connectivity index is 1.84. The predicted molar refractivity (Wildman–Crippen MR) is 65.3 cm³/mol. The third-order valence-corrected chi connectivity index (χ3v) is 3.91. The summed E-state index contributed by atoms with van der Waals surface area (Å²) in [6.07, 6.45) is 10.1. The highest BCUT2D eigenvalue weighted by Gasteiger charge is 2.21. The van der Waals surface area contributed by atoms with Crippen LogP contribution in [0.1, 0.15) is 51.4 Å². The van der Waals surface area contributed by atoms with Gasteiger partial charge in [0, 0.05) is 25.6 Å². The summed E-state index contributed by atoms with van der Waals surface area (Å²) in [4.78, 5) is 13.9. The number of hydrogen-bond acceptors (Lipinski definition) is 2. The third kappa shape index (κ3) is 3.48. The average Bonchev–Trinajstić information content (AvgIpc) is 2.51. The summed E-state index contributed by atoms with van der Waals surface area (Å²) in [6.45, 7) is 3.02. The van der Waals surface area contributed by atoms with Gasteiger partial charge < -0.3 is 5.32 Å². The molecule has 92 valence electrons. The lowest BCUT2D eigenvalue weighted by Crippen LogP contribution is -2.43. The molecular weight excluding hydrogens is 200 g/mol. The molecule has 0 bridgehead atoms. The Morgan fingerprint density at radius 3 is 2.50 bits per heavy atom. The fourth-order valence-electron chi connectivity index (χ4n) is 2.97. The van der Waals surface area contributed by atoms with E-state index in [2.05, 4.69) is 10.2 Å².